The highest BCUT2D eigenvalue weighted by atomic mass is 28.3. The fourth-order valence-corrected chi connectivity index (χ4v) is 20.7. The van der Waals surface area contributed by atoms with E-state index in [9.17, 15) is 19.5 Å². The normalized spacial score (nSPS) is 21.0. The number of halogens is 2. The molecule has 2 saturated carbocycles. The van der Waals surface area contributed by atoms with Crippen LogP contribution >= 0.6 is 0 Å². The van der Waals surface area contributed by atoms with Crippen LogP contribution in [0.5, 0.6) is 17.5 Å². The fourth-order valence-electron chi connectivity index (χ4n) is 15.5. The van der Waals surface area contributed by atoms with Crippen LogP contribution in [0.2, 0.25) is 16.6 Å². The number of rotatable bonds is 19. The van der Waals surface area contributed by atoms with E-state index >= 15 is 8.78 Å². The number of pyridine rings is 1. The number of hydrogen-bond acceptors (Lipinski definition) is 14. The van der Waals surface area contributed by atoms with Gasteiger partial charge in [-0.25, -0.2) is 13.6 Å². The summed E-state index contributed by atoms with van der Waals surface area (Å²) in [6.07, 6.45) is 12.4. The number of benzene rings is 3. The van der Waals surface area contributed by atoms with Crippen molar-refractivity contribution >= 4 is 59.1 Å². The molecule has 4 saturated heterocycles. The van der Waals surface area contributed by atoms with Gasteiger partial charge in [0.2, 0.25) is 5.91 Å². The van der Waals surface area contributed by atoms with Gasteiger partial charge in [0.1, 0.15) is 42.4 Å². The number of imide groups is 1. The molecule has 2 aliphatic carbocycles. The topological polar surface area (TPSA) is 175 Å². The first-order chi connectivity index (χ1) is 42.7. The molecule has 4 aliphatic heterocycles. The lowest BCUT2D eigenvalue weighted by Crippen LogP contribution is -2.50. The van der Waals surface area contributed by atoms with Crippen molar-refractivity contribution in [1.82, 2.24) is 35.0 Å². The van der Waals surface area contributed by atoms with Crippen LogP contribution in [0.15, 0.2) is 48.7 Å². The van der Waals surface area contributed by atoms with Crippen molar-refractivity contribution in [3.8, 4) is 40.2 Å². The summed E-state index contributed by atoms with van der Waals surface area (Å²) < 4.78 is 58.1. The fraction of sp³-hybridized carbons (Fsp3) is 0.594. The van der Waals surface area contributed by atoms with Crippen LogP contribution < -0.4 is 29.3 Å². The number of nitrogens with zero attached hydrogens (tertiary/aromatic N) is 8. The lowest BCUT2D eigenvalue weighted by atomic mass is 9.65. The molecule has 11 rings (SSSR count). The molecule has 1 unspecified atom stereocenters. The number of aliphatic hydroxyl groups is 1. The van der Waals surface area contributed by atoms with E-state index in [0.29, 0.717) is 118 Å². The largest absolute Gasteiger partial charge is 0.495 e. The molecular formula is C69H91F2N9O8Si. The maximum absolute atomic E-state index is 18.1. The third kappa shape index (κ3) is 13.3. The van der Waals surface area contributed by atoms with Crippen LogP contribution in [0.3, 0.4) is 0 Å². The van der Waals surface area contributed by atoms with E-state index < -0.39 is 31.3 Å². The second-order valence-corrected chi connectivity index (χ2v) is 33.1. The number of aromatic nitrogens is 3. The first-order valence-corrected chi connectivity index (χ1v) is 34.8. The smallest absolute Gasteiger partial charge is 0.328 e. The number of piperidine rings is 2. The van der Waals surface area contributed by atoms with E-state index in [1.54, 1.807) is 42.6 Å². The Morgan fingerprint density at radius 3 is 2.22 bits per heavy atom. The third-order valence-electron chi connectivity index (χ3n) is 21.1. The number of likely N-dealkylation sites (tertiary alicyclic amines) is 1. The van der Waals surface area contributed by atoms with Crippen molar-refractivity contribution < 1.29 is 47.2 Å². The molecule has 5 aromatic rings. The second-order valence-electron chi connectivity index (χ2n) is 27.5. The minimum absolute atomic E-state index is 0.0204. The molecular weight excluding hydrogens is 1150 g/mol. The van der Waals surface area contributed by atoms with Gasteiger partial charge in [0.15, 0.2) is 12.6 Å². The highest BCUT2D eigenvalue weighted by Gasteiger charge is 2.47. The zero-order valence-electron chi connectivity index (χ0n) is 53.7. The molecule has 6 aliphatic rings. The maximum atomic E-state index is 18.1. The standard InChI is InChI=1S/C69H91F2N9O8Si/c1-10-69(84)20-11-27-79(42-69)63-54-39-72-61(53-38-51(88-44-85-8)36-49-12-14-55(70)52(59(49)53)19-35-89(45(2)3,46(4)5)47(6)7)60(71)62(54)74-65(75-63)87-43-68(23-24-68)41-77-33-31-76(32-34-77)40-48-16-21-67(22-17-48)25-29-78(30-26-67)64(82)50-13-15-57(86-9)56(37-50)80-28-18-58(81)73-66(80)83/h12-15,36-39,45-48,84H,10-11,16-18,20-34,40-44H2,1-9H3,(H,73,81,83). The van der Waals surface area contributed by atoms with E-state index in [-0.39, 0.29) is 65.2 Å². The van der Waals surface area contributed by atoms with E-state index in [2.05, 4.69) is 68.1 Å². The summed E-state index contributed by atoms with van der Waals surface area (Å²) in [6, 6.07) is 11.3. The van der Waals surface area contributed by atoms with Gasteiger partial charge >= 0.3 is 12.0 Å². The van der Waals surface area contributed by atoms with Gasteiger partial charge in [-0.3, -0.25) is 24.8 Å². The summed E-state index contributed by atoms with van der Waals surface area (Å²) in [7, 11) is 0.721. The molecule has 6 fully saturated rings. The van der Waals surface area contributed by atoms with Crippen LogP contribution in [-0.2, 0) is 9.53 Å². The quantitative estimate of drug-likeness (QED) is 0.0454. The number of carbonyl (C=O) groups is 3. The average Bonchev–Trinajstić information content (AvgIpc) is 1.28. The maximum Gasteiger partial charge on any atom is 0.328 e. The van der Waals surface area contributed by atoms with Crippen molar-refractivity contribution in [2.45, 2.75) is 148 Å². The van der Waals surface area contributed by atoms with Crippen LogP contribution in [0.1, 0.15) is 141 Å². The Kier molecular flexibility index (Phi) is 19.0. The molecule has 0 bridgehead atoms. The highest BCUT2D eigenvalue weighted by molar-refractivity contribution is 6.90. The number of urea groups is 1. The van der Waals surface area contributed by atoms with Gasteiger partial charge in [0, 0.05) is 114 Å². The Morgan fingerprint density at radius 2 is 1.56 bits per heavy atom. The minimum Gasteiger partial charge on any atom is -0.495 e. The number of carbonyl (C=O) groups excluding carboxylic acids is 3. The molecule has 6 heterocycles. The molecule has 1 atom stereocenters. The molecule has 0 radical (unpaired) electrons. The Labute approximate surface area is 524 Å². The first kappa shape index (κ1) is 64.0. The van der Waals surface area contributed by atoms with Crippen LogP contribution in [-0.4, -0.2) is 166 Å². The number of fused-ring (bicyclic) bond motifs is 2. The van der Waals surface area contributed by atoms with E-state index in [1.165, 1.54) is 50.9 Å². The molecule has 89 heavy (non-hydrogen) atoms. The van der Waals surface area contributed by atoms with Gasteiger partial charge in [0.05, 0.1) is 36.0 Å². The summed E-state index contributed by atoms with van der Waals surface area (Å²) in [6.45, 7) is 24.1. The summed E-state index contributed by atoms with van der Waals surface area (Å²) in [5, 5.41) is 15.4. The minimum atomic E-state index is -2.34. The first-order valence-electron chi connectivity index (χ1n) is 32.6. The van der Waals surface area contributed by atoms with Crippen molar-refractivity contribution in [3.63, 3.8) is 0 Å². The van der Waals surface area contributed by atoms with Gasteiger partial charge in [-0.15, -0.1) is 5.54 Å². The molecule has 3 aromatic carbocycles. The molecule has 2 N–H and O–H groups in total. The van der Waals surface area contributed by atoms with E-state index in [1.807, 2.05) is 16.7 Å². The number of ether oxygens (including phenoxy) is 4. The van der Waals surface area contributed by atoms with Crippen LogP contribution in [0.25, 0.3) is 32.9 Å². The molecule has 2 aromatic heterocycles. The van der Waals surface area contributed by atoms with Crippen LogP contribution in [0, 0.1) is 39.8 Å². The Morgan fingerprint density at radius 1 is 0.843 bits per heavy atom. The van der Waals surface area contributed by atoms with Gasteiger partial charge < -0.3 is 43.7 Å². The lowest BCUT2D eigenvalue weighted by molar-refractivity contribution is -0.120. The number of amides is 4. The molecule has 1 spiro atoms. The summed E-state index contributed by atoms with van der Waals surface area (Å²) in [5.41, 5.74) is 5.30. The highest BCUT2D eigenvalue weighted by Crippen LogP contribution is 2.49. The van der Waals surface area contributed by atoms with Crippen molar-refractivity contribution in [2.75, 3.05) is 109 Å². The van der Waals surface area contributed by atoms with E-state index in [4.69, 9.17) is 33.9 Å². The Bertz CT molecular complexity index is 3490. The van der Waals surface area contributed by atoms with Crippen LogP contribution in [0.4, 0.5) is 25.1 Å². The second kappa shape index (κ2) is 26.4. The SMILES string of the molecule is CCC1(O)CCCN(c2nc(OCC3(CN4CCN(CC5CCC6(CC5)CCN(C(=O)c5ccc(OC)c(N7CCC(=O)NC7=O)c5)CC6)CC4)CC3)nc3c(F)c(-c4cc(OCOC)cc5ccc(F)c(C#C[Si](C(C)C)(C(C)C)C(C)C)c45)ncc23)C1. The number of hydrogen-bond donors (Lipinski definition) is 2. The number of anilines is 2. The molecule has 478 valence electrons. The summed E-state index contributed by atoms with van der Waals surface area (Å²) in [4.78, 5) is 63.8. The molecule has 20 heteroatoms. The third-order valence-corrected chi connectivity index (χ3v) is 27.4. The van der Waals surface area contributed by atoms with Crippen molar-refractivity contribution in [1.29, 1.82) is 0 Å². The van der Waals surface area contributed by atoms with Gasteiger partial charge in [-0.05, 0) is 140 Å². The van der Waals surface area contributed by atoms with Gasteiger partial charge in [0.25, 0.3) is 5.91 Å². The Hall–Kier alpha value is -6.50. The van der Waals surface area contributed by atoms with E-state index in [0.717, 1.165) is 71.4 Å². The van der Waals surface area contributed by atoms with Gasteiger partial charge in [-0.2, -0.15) is 9.97 Å². The predicted molar refractivity (Wildman–Crippen MR) is 345 cm³/mol. The predicted octanol–water partition coefficient (Wildman–Crippen LogP) is 11.8. The average molecular weight is 1240 g/mol. The molecule has 17 nitrogen and oxygen atoms in total. The summed E-state index contributed by atoms with van der Waals surface area (Å²) in [5.74, 6) is 3.75. The van der Waals surface area contributed by atoms with Crippen molar-refractivity contribution in [3.05, 3.63) is 71.4 Å². The number of β-amino-alcohol motifs (C(OH)–C–C–N with tert-alkyl or cyclic N) is 1. The molecule has 4 amide bonds. The van der Waals surface area contributed by atoms with Gasteiger partial charge in [-0.1, -0.05) is 60.5 Å². The Balaban J connectivity index is 0.757. The zero-order chi connectivity index (χ0) is 63.0. The van der Waals surface area contributed by atoms with Crippen molar-refractivity contribution in [2.24, 2.45) is 16.7 Å². The zero-order valence-corrected chi connectivity index (χ0v) is 54.7. The number of piperazine rings is 1. The monoisotopic (exact) mass is 1240 g/mol. The number of methoxy groups -OCH3 is 2. The lowest BCUT2D eigenvalue weighted by Gasteiger charge is -2.47. The number of nitrogens with one attached hydrogen (secondary N) is 1. The summed E-state index contributed by atoms with van der Waals surface area (Å²) >= 11 is 0.